The number of ketones is 1. The van der Waals surface area contributed by atoms with Gasteiger partial charge in [-0.25, -0.2) is 0 Å². The number of fused-ring (bicyclic) bond motifs is 3. The molecule has 222 valence electrons. The van der Waals surface area contributed by atoms with Crippen LogP contribution in [0.25, 0.3) is 21.5 Å². The Kier molecular flexibility index (Phi) is 14.6. The number of carbonyl (C=O) groups is 1. The van der Waals surface area contributed by atoms with Gasteiger partial charge < -0.3 is 14.2 Å². The first kappa shape index (κ1) is 33.8. The molecule has 0 fully saturated rings. The lowest BCUT2D eigenvalue weighted by molar-refractivity contribution is 0.103. The standard InChI is InChI=1S/C29H23NO4.C4H10.2C2H6/c1-32-27-16-23-22-15-21(34-18-19-8-4-3-5-9-19)12-11-20(22)14-25(24(23)17-28(27)33-2)29(31)26-10-6-7-13-30-26;1-3-4-2;2*1-2/h3-17H,18H2,1-2H3;3-4H2,1-2H3;2*1-2H3. The summed E-state index contributed by atoms with van der Waals surface area (Å²) < 4.78 is 17.2. The van der Waals surface area contributed by atoms with Gasteiger partial charge in [-0.2, -0.15) is 0 Å². The summed E-state index contributed by atoms with van der Waals surface area (Å²) in [4.78, 5) is 17.7. The molecule has 0 saturated heterocycles. The summed E-state index contributed by atoms with van der Waals surface area (Å²) in [5.74, 6) is 1.75. The molecule has 0 bridgehead atoms. The van der Waals surface area contributed by atoms with Gasteiger partial charge >= 0.3 is 0 Å². The van der Waals surface area contributed by atoms with E-state index in [0.717, 1.165) is 32.9 Å². The van der Waals surface area contributed by atoms with Crippen LogP contribution in [0.2, 0.25) is 0 Å². The predicted molar refractivity (Wildman–Crippen MR) is 176 cm³/mol. The van der Waals surface area contributed by atoms with Crippen LogP contribution in [0, 0.1) is 0 Å². The van der Waals surface area contributed by atoms with Crippen LogP contribution in [0.4, 0.5) is 0 Å². The van der Waals surface area contributed by atoms with Crippen LogP contribution in [-0.4, -0.2) is 25.0 Å². The van der Waals surface area contributed by atoms with Crippen molar-refractivity contribution in [3.8, 4) is 17.2 Å². The molecule has 1 aromatic heterocycles. The Morgan fingerprint density at radius 3 is 1.88 bits per heavy atom. The normalized spacial score (nSPS) is 9.81. The van der Waals surface area contributed by atoms with Crippen molar-refractivity contribution in [3.63, 3.8) is 0 Å². The van der Waals surface area contributed by atoms with Crippen molar-refractivity contribution >= 4 is 27.3 Å². The van der Waals surface area contributed by atoms with Crippen molar-refractivity contribution in [2.45, 2.75) is 61.0 Å². The van der Waals surface area contributed by atoms with Gasteiger partial charge in [0.15, 0.2) is 11.5 Å². The highest BCUT2D eigenvalue weighted by Gasteiger charge is 2.19. The molecule has 0 aliphatic rings. The average Bonchev–Trinajstić information content (AvgIpc) is 3.08. The molecule has 0 amide bonds. The first-order valence-electron chi connectivity index (χ1n) is 14.8. The van der Waals surface area contributed by atoms with Gasteiger partial charge in [0.1, 0.15) is 18.1 Å². The van der Waals surface area contributed by atoms with Gasteiger partial charge in [0.05, 0.1) is 14.2 Å². The number of aromatic nitrogens is 1. The topological polar surface area (TPSA) is 57.7 Å². The molecular formula is C37H45NO4. The molecule has 0 unspecified atom stereocenters. The van der Waals surface area contributed by atoms with E-state index in [1.165, 1.54) is 12.8 Å². The van der Waals surface area contributed by atoms with Crippen LogP contribution in [0.5, 0.6) is 17.2 Å². The minimum atomic E-state index is -0.149. The van der Waals surface area contributed by atoms with Crippen LogP contribution in [0.1, 0.15) is 76.0 Å². The Labute approximate surface area is 251 Å². The maximum Gasteiger partial charge on any atom is 0.211 e. The van der Waals surface area contributed by atoms with Gasteiger partial charge in [0.25, 0.3) is 0 Å². The Bertz CT molecular complexity index is 1510. The predicted octanol–water partition coefficient (Wildman–Crippen LogP) is 10.1. The zero-order chi connectivity index (χ0) is 30.9. The quantitative estimate of drug-likeness (QED) is 0.138. The Balaban J connectivity index is 0.000000699. The van der Waals surface area contributed by atoms with Crippen molar-refractivity contribution in [3.05, 3.63) is 108 Å². The number of pyridine rings is 1. The molecule has 0 N–H and O–H groups in total. The fraction of sp³-hybridized carbons (Fsp3) is 0.297. The third kappa shape index (κ3) is 8.56. The molecule has 5 nitrogen and oxygen atoms in total. The van der Waals surface area contributed by atoms with Crippen molar-refractivity contribution in [2.75, 3.05) is 14.2 Å². The second kappa shape index (κ2) is 18.1. The Morgan fingerprint density at radius 1 is 0.690 bits per heavy atom. The lowest BCUT2D eigenvalue weighted by Gasteiger charge is -2.15. The summed E-state index contributed by atoms with van der Waals surface area (Å²) in [6.07, 6.45) is 4.26. The lowest BCUT2D eigenvalue weighted by atomic mass is 9.93. The number of methoxy groups -OCH3 is 2. The van der Waals surface area contributed by atoms with E-state index in [2.05, 4.69) is 18.8 Å². The number of hydrogen-bond acceptors (Lipinski definition) is 5. The summed E-state index contributed by atoms with van der Waals surface area (Å²) in [5, 5.41) is 3.52. The summed E-state index contributed by atoms with van der Waals surface area (Å²) in [6.45, 7) is 12.8. The maximum atomic E-state index is 13.4. The van der Waals surface area contributed by atoms with Gasteiger partial charge in [-0.05, 0) is 69.6 Å². The van der Waals surface area contributed by atoms with E-state index >= 15 is 0 Å². The zero-order valence-electron chi connectivity index (χ0n) is 26.4. The number of hydrogen-bond donors (Lipinski definition) is 0. The Morgan fingerprint density at radius 2 is 1.31 bits per heavy atom. The van der Waals surface area contributed by atoms with E-state index in [9.17, 15) is 4.79 Å². The molecule has 0 atom stereocenters. The first-order valence-corrected chi connectivity index (χ1v) is 14.8. The third-order valence-corrected chi connectivity index (χ3v) is 6.32. The van der Waals surface area contributed by atoms with Crippen molar-refractivity contribution in [2.24, 2.45) is 0 Å². The number of carbonyl (C=O) groups excluding carboxylic acids is 1. The second-order valence-electron chi connectivity index (χ2n) is 8.88. The minimum absolute atomic E-state index is 0.149. The molecule has 0 spiro atoms. The van der Waals surface area contributed by atoms with E-state index in [1.807, 2.05) is 100 Å². The fourth-order valence-corrected chi connectivity index (χ4v) is 4.11. The van der Waals surface area contributed by atoms with E-state index in [-0.39, 0.29) is 5.78 Å². The van der Waals surface area contributed by atoms with Gasteiger partial charge in [0.2, 0.25) is 5.78 Å². The molecular weight excluding hydrogens is 522 g/mol. The maximum absolute atomic E-state index is 13.4. The SMILES string of the molecule is CC.CC.CCCC.COc1cc2c(C(=O)c3ccccn3)cc3ccc(OCc4ccccc4)cc3c2cc1OC. The lowest BCUT2D eigenvalue weighted by Crippen LogP contribution is -2.05. The van der Waals surface area contributed by atoms with Crippen LogP contribution >= 0.6 is 0 Å². The summed E-state index contributed by atoms with van der Waals surface area (Å²) in [5.41, 5.74) is 2.04. The molecule has 5 rings (SSSR count). The van der Waals surface area contributed by atoms with E-state index in [4.69, 9.17) is 14.2 Å². The molecule has 0 aliphatic carbocycles. The number of ether oxygens (including phenoxy) is 3. The van der Waals surface area contributed by atoms with Gasteiger partial charge in [-0.15, -0.1) is 0 Å². The minimum Gasteiger partial charge on any atom is -0.493 e. The van der Waals surface area contributed by atoms with Crippen LogP contribution in [-0.2, 0) is 6.61 Å². The number of rotatable bonds is 8. The zero-order valence-corrected chi connectivity index (χ0v) is 26.4. The average molecular weight is 568 g/mol. The van der Waals surface area contributed by atoms with Crippen LogP contribution < -0.4 is 14.2 Å². The van der Waals surface area contributed by atoms with Crippen molar-refractivity contribution in [1.82, 2.24) is 4.98 Å². The molecule has 0 radical (unpaired) electrons. The number of benzene rings is 4. The highest BCUT2D eigenvalue weighted by molar-refractivity contribution is 6.22. The summed E-state index contributed by atoms with van der Waals surface area (Å²) in [6, 6.07) is 26.9. The molecule has 0 saturated carbocycles. The molecule has 5 heteroatoms. The largest absolute Gasteiger partial charge is 0.493 e. The molecule has 4 aromatic carbocycles. The third-order valence-electron chi connectivity index (χ3n) is 6.32. The van der Waals surface area contributed by atoms with Gasteiger partial charge in [-0.1, -0.05) is 96.8 Å². The number of nitrogens with zero attached hydrogens (tertiary/aromatic N) is 1. The highest BCUT2D eigenvalue weighted by Crippen LogP contribution is 2.39. The first-order chi connectivity index (χ1) is 20.6. The number of unbranched alkanes of at least 4 members (excludes halogenated alkanes) is 1. The van der Waals surface area contributed by atoms with E-state index < -0.39 is 0 Å². The van der Waals surface area contributed by atoms with Crippen LogP contribution in [0.3, 0.4) is 0 Å². The Hall–Kier alpha value is -4.38. The van der Waals surface area contributed by atoms with Crippen molar-refractivity contribution < 1.29 is 19.0 Å². The van der Waals surface area contributed by atoms with Crippen molar-refractivity contribution in [1.29, 1.82) is 0 Å². The van der Waals surface area contributed by atoms with Gasteiger partial charge in [0, 0.05) is 11.8 Å². The smallest absolute Gasteiger partial charge is 0.211 e. The molecule has 0 aliphatic heterocycles. The molecule has 1 heterocycles. The van der Waals surface area contributed by atoms with Crippen LogP contribution in [0.15, 0.2) is 91.1 Å². The summed E-state index contributed by atoms with van der Waals surface area (Å²) >= 11 is 0. The van der Waals surface area contributed by atoms with E-state index in [0.29, 0.717) is 29.4 Å². The molecule has 5 aromatic rings. The van der Waals surface area contributed by atoms with Gasteiger partial charge in [-0.3, -0.25) is 9.78 Å². The highest BCUT2D eigenvalue weighted by atomic mass is 16.5. The summed E-state index contributed by atoms with van der Waals surface area (Å²) in [7, 11) is 3.18. The second-order valence-corrected chi connectivity index (χ2v) is 8.88. The molecule has 42 heavy (non-hydrogen) atoms. The fourth-order valence-electron chi connectivity index (χ4n) is 4.11. The monoisotopic (exact) mass is 567 g/mol. The van der Waals surface area contributed by atoms with E-state index in [1.54, 1.807) is 32.5 Å².